The first-order chi connectivity index (χ1) is 14.8. The predicted octanol–water partition coefficient (Wildman–Crippen LogP) is 4.07. The van der Waals surface area contributed by atoms with E-state index in [2.05, 4.69) is 35.6 Å². The molecule has 0 spiro atoms. The van der Waals surface area contributed by atoms with Gasteiger partial charge >= 0.3 is 0 Å². The van der Waals surface area contributed by atoms with Gasteiger partial charge in [-0.15, -0.1) is 0 Å². The van der Waals surface area contributed by atoms with Crippen molar-refractivity contribution in [3.63, 3.8) is 0 Å². The molecule has 3 heterocycles. The SMILES string of the molecule is CC(C)(C)N1CCN(C(=O)Cc2cnc(-c3ccc(Cl)cc3)n2-c2ccncc2)CC1. The summed E-state index contributed by atoms with van der Waals surface area (Å²) in [5, 5.41) is 0.676. The van der Waals surface area contributed by atoms with Crippen molar-refractivity contribution in [2.75, 3.05) is 26.2 Å². The first kappa shape index (κ1) is 21.5. The lowest BCUT2D eigenvalue weighted by atomic mass is 10.0. The van der Waals surface area contributed by atoms with Crippen molar-refractivity contribution in [3.8, 4) is 17.1 Å². The van der Waals surface area contributed by atoms with Gasteiger partial charge in [-0.3, -0.25) is 19.2 Å². The van der Waals surface area contributed by atoms with Gasteiger partial charge in [-0.05, 0) is 57.2 Å². The summed E-state index contributed by atoms with van der Waals surface area (Å²) in [5.41, 5.74) is 2.86. The molecular formula is C24H28ClN5O. The van der Waals surface area contributed by atoms with Crippen LogP contribution in [0.15, 0.2) is 55.0 Å². The van der Waals surface area contributed by atoms with Crippen LogP contribution in [0.4, 0.5) is 0 Å². The van der Waals surface area contributed by atoms with Gasteiger partial charge in [0.1, 0.15) is 5.82 Å². The molecule has 1 fully saturated rings. The maximum absolute atomic E-state index is 13.1. The van der Waals surface area contributed by atoms with E-state index in [0.717, 1.165) is 48.9 Å². The Bertz CT molecular complexity index is 1030. The van der Waals surface area contributed by atoms with Crippen LogP contribution in [0.3, 0.4) is 0 Å². The average molecular weight is 438 g/mol. The number of amides is 1. The second-order valence-electron chi connectivity index (χ2n) is 8.84. The number of hydrogen-bond acceptors (Lipinski definition) is 4. The highest BCUT2D eigenvalue weighted by Crippen LogP contribution is 2.26. The average Bonchev–Trinajstić information content (AvgIpc) is 3.17. The fourth-order valence-electron chi connectivity index (χ4n) is 3.99. The number of imidazole rings is 1. The summed E-state index contributed by atoms with van der Waals surface area (Å²) in [5.74, 6) is 0.912. The van der Waals surface area contributed by atoms with Gasteiger partial charge in [0, 0.05) is 60.9 Å². The van der Waals surface area contributed by atoms with Crippen molar-refractivity contribution in [1.29, 1.82) is 0 Å². The second kappa shape index (κ2) is 8.81. The molecule has 162 valence electrons. The molecule has 4 rings (SSSR count). The molecule has 1 aliphatic rings. The molecule has 1 amide bonds. The molecule has 1 aromatic carbocycles. The van der Waals surface area contributed by atoms with E-state index in [1.165, 1.54) is 0 Å². The highest BCUT2D eigenvalue weighted by Gasteiger charge is 2.28. The van der Waals surface area contributed by atoms with Crippen molar-refractivity contribution < 1.29 is 4.79 Å². The number of halogens is 1. The Balaban J connectivity index is 1.59. The van der Waals surface area contributed by atoms with Gasteiger partial charge in [0.05, 0.1) is 17.8 Å². The summed E-state index contributed by atoms with van der Waals surface area (Å²) in [6.45, 7) is 9.96. The van der Waals surface area contributed by atoms with Crippen LogP contribution in [-0.4, -0.2) is 62.0 Å². The Morgan fingerprint density at radius 1 is 1.00 bits per heavy atom. The molecule has 7 heteroatoms. The minimum absolute atomic E-state index is 0.128. The molecule has 0 radical (unpaired) electrons. The van der Waals surface area contributed by atoms with Crippen LogP contribution in [0.1, 0.15) is 26.5 Å². The molecule has 0 N–H and O–H groups in total. The van der Waals surface area contributed by atoms with E-state index in [-0.39, 0.29) is 11.4 Å². The third-order valence-corrected chi connectivity index (χ3v) is 6.02. The fourth-order valence-corrected chi connectivity index (χ4v) is 4.12. The number of rotatable bonds is 4. The van der Waals surface area contributed by atoms with Crippen LogP contribution >= 0.6 is 11.6 Å². The molecule has 0 bridgehead atoms. The molecule has 6 nitrogen and oxygen atoms in total. The predicted molar refractivity (Wildman–Crippen MR) is 123 cm³/mol. The molecule has 0 aliphatic carbocycles. The van der Waals surface area contributed by atoms with Crippen molar-refractivity contribution in [2.45, 2.75) is 32.7 Å². The van der Waals surface area contributed by atoms with Crippen molar-refractivity contribution >= 4 is 17.5 Å². The van der Waals surface area contributed by atoms with Crippen LogP contribution < -0.4 is 0 Å². The van der Waals surface area contributed by atoms with Crippen LogP contribution in [0.25, 0.3) is 17.1 Å². The van der Waals surface area contributed by atoms with Crippen LogP contribution in [0, 0.1) is 0 Å². The van der Waals surface area contributed by atoms with Gasteiger partial charge in [0.2, 0.25) is 5.91 Å². The monoisotopic (exact) mass is 437 g/mol. The van der Waals surface area contributed by atoms with Gasteiger partial charge in [-0.2, -0.15) is 0 Å². The standard InChI is InChI=1S/C24H28ClN5O/c1-24(2,3)29-14-12-28(13-15-29)22(31)16-21-17-27-23(18-4-6-19(25)7-5-18)30(21)20-8-10-26-11-9-20/h4-11,17H,12-16H2,1-3H3. The third kappa shape index (κ3) is 4.81. The van der Waals surface area contributed by atoms with Gasteiger partial charge in [-0.25, -0.2) is 4.98 Å². The maximum atomic E-state index is 13.1. The summed E-state index contributed by atoms with van der Waals surface area (Å²) < 4.78 is 2.04. The van der Waals surface area contributed by atoms with Crippen molar-refractivity contribution in [2.24, 2.45) is 0 Å². The van der Waals surface area contributed by atoms with Crippen molar-refractivity contribution in [3.05, 3.63) is 65.7 Å². The van der Waals surface area contributed by atoms with Crippen LogP contribution in [0.5, 0.6) is 0 Å². The normalized spacial score (nSPS) is 15.3. The minimum Gasteiger partial charge on any atom is -0.340 e. The van der Waals surface area contributed by atoms with Gasteiger partial charge < -0.3 is 4.90 Å². The summed E-state index contributed by atoms with van der Waals surface area (Å²) in [6, 6.07) is 11.4. The van der Waals surface area contributed by atoms with Crippen LogP contribution in [-0.2, 0) is 11.2 Å². The highest BCUT2D eigenvalue weighted by molar-refractivity contribution is 6.30. The Morgan fingerprint density at radius 3 is 2.26 bits per heavy atom. The quantitative estimate of drug-likeness (QED) is 0.617. The van der Waals surface area contributed by atoms with Gasteiger partial charge in [0.25, 0.3) is 0 Å². The number of aromatic nitrogens is 3. The Morgan fingerprint density at radius 2 is 1.65 bits per heavy atom. The smallest absolute Gasteiger partial charge is 0.228 e. The molecule has 0 unspecified atom stereocenters. The number of nitrogens with zero attached hydrogens (tertiary/aromatic N) is 5. The van der Waals surface area contributed by atoms with E-state index in [1.807, 2.05) is 45.9 Å². The molecule has 1 aliphatic heterocycles. The lowest BCUT2D eigenvalue weighted by Gasteiger charge is -2.42. The summed E-state index contributed by atoms with van der Waals surface area (Å²) in [6.07, 6.45) is 5.60. The van der Waals surface area contributed by atoms with E-state index in [1.54, 1.807) is 18.6 Å². The first-order valence-electron chi connectivity index (χ1n) is 10.6. The van der Waals surface area contributed by atoms with Crippen LogP contribution in [0.2, 0.25) is 5.02 Å². The van der Waals surface area contributed by atoms with E-state index in [9.17, 15) is 4.79 Å². The molecule has 3 aromatic rings. The number of carbonyl (C=O) groups excluding carboxylic acids is 1. The number of pyridine rings is 1. The molecule has 0 saturated carbocycles. The first-order valence-corrected chi connectivity index (χ1v) is 11.0. The molecule has 0 atom stereocenters. The molecule has 1 saturated heterocycles. The largest absolute Gasteiger partial charge is 0.340 e. The zero-order valence-electron chi connectivity index (χ0n) is 18.3. The van der Waals surface area contributed by atoms with Gasteiger partial charge in [0.15, 0.2) is 0 Å². The second-order valence-corrected chi connectivity index (χ2v) is 9.27. The Labute approximate surface area is 188 Å². The van der Waals surface area contributed by atoms with E-state index in [0.29, 0.717) is 11.4 Å². The summed E-state index contributed by atoms with van der Waals surface area (Å²) in [7, 11) is 0. The van der Waals surface area contributed by atoms with E-state index in [4.69, 9.17) is 11.6 Å². The maximum Gasteiger partial charge on any atom is 0.228 e. The Hall–Kier alpha value is -2.70. The lowest BCUT2D eigenvalue weighted by Crippen LogP contribution is -2.54. The summed E-state index contributed by atoms with van der Waals surface area (Å²) in [4.78, 5) is 26.3. The number of piperazine rings is 1. The van der Waals surface area contributed by atoms with E-state index >= 15 is 0 Å². The number of carbonyl (C=O) groups is 1. The molecule has 31 heavy (non-hydrogen) atoms. The van der Waals surface area contributed by atoms with Gasteiger partial charge in [-0.1, -0.05) is 11.6 Å². The zero-order valence-corrected chi connectivity index (χ0v) is 19.0. The highest BCUT2D eigenvalue weighted by atomic mass is 35.5. The topological polar surface area (TPSA) is 54.3 Å². The minimum atomic E-state index is 0.128. The number of benzene rings is 1. The molecule has 2 aromatic heterocycles. The van der Waals surface area contributed by atoms with E-state index < -0.39 is 0 Å². The Kier molecular flexibility index (Phi) is 6.12. The molecular weight excluding hydrogens is 410 g/mol. The summed E-state index contributed by atoms with van der Waals surface area (Å²) >= 11 is 6.07. The third-order valence-electron chi connectivity index (χ3n) is 5.77. The number of hydrogen-bond donors (Lipinski definition) is 0. The lowest BCUT2D eigenvalue weighted by molar-refractivity contribution is -0.133. The van der Waals surface area contributed by atoms with Crippen molar-refractivity contribution in [1.82, 2.24) is 24.3 Å². The fraction of sp³-hybridized carbons (Fsp3) is 0.375. The zero-order chi connectivity index (χ0) is 22.0.